The summed E-state index contributed by atoms with van der Waals surface area (Å²) in [5, 5.41) is 13.4. The van der Waals surface area contributed by atoms with E-state index in [2.05, 4.69) is 26.0 Å². The van der Waals surface area contributed by atoms with E-state index in [1.807, 2.05) is 0 Å². The normalized spacial score (nSPS) is 10.7. The Hall–Kier alpha value is -2.72. The number of rotatable bonds is 7. The first kappa shape index (κ1) is 20.6. The number of carbonyl (C=O) groups is 2. The summed E-state index contributed by atoms with van der Waals surface area (Å²) in [5.74, 6) is 0.193. The van der Waals surface area contributed by atoms with Crippen LogP contribution in [0.1, 0.15) is 21.9 Å². The summed E-state index contributed by atoms with van der Waals surface area (Å²) >= 11 is 3.20. The van der Waals surface area contributed by atoms with E-state index >= 15 is 0 Å². The number of nitro benzene ring substituents is 1. The molecule has 0 atom stereocenters. The zero-order valence-electron chi connectivity index (χ0n) is 14.9. The second kappa shape index (κ2) is 8.78. The predicted molar refractivity (Wildman–Crippen MR) is 101 cm³/mol. The largest absolute Gasteiger partial charge is 0.465 e. The number of anilines is 1. The van der Waals surface area contributed by atoms with Crippen LogP contribution in [0.2, 0.25) is 0 Å². The minimum Gasteiger partial charge on any atom is -0.465 e. The van der Waals surface area contributed by atoms with E-state index in [0.717, 1.165) is 0 Å². The molecule has 1 N–H and O–H groups in total. The molecule has 0 bridgehead atoms. The number of methoxy groups -OCH3 is 1. The molecular formula is C17H18BrN3O6. The molecule has 0 aliphatic heterocycles. The minimum atomic E-state index is -0.516. The van der Waals surface area contributed by atoms with Gasteiger partial charge in [-0.2, -0.15) is 0 Å². The quantitative estimate of drug-likeness (QED) is 0.400. The lowest BCUT2D eigenvalue weighted by Crippen LogP contribution is -2.29. The molecule has 0 saturated carbocycles. The molecular weight excluding hydrogens is 422 g/mol. The van der Waals surface area contributed by atoms with Crippen molar-refractivity contribution in [2.75, 3.05) is 26.0 Å². The van der Waals surface area contributed by atoms with Crippen LogP contribution in [-0.2, 0) is 16.1 Å². The van der Waals surface area contributed by atoms with Crippen LogP contribution in [0.25, 0.3) is 0 Å². The van der Waals surface area contributed by atoms with Gasteiger partial charge in [-0.1, -0.05) is 0 Å². The molecule has 0 spiro atoms. The number of esters is 1. The summed E-state index contributed by atoms with van der Waals surface area (Å²) in [6.45, 7) is 2.03. The molecule has 10 heteroatoms. The van der Waals surface area contributed by atoms with Gasteiger partial charge < -0.3 is 14.5 Å². The molecule has 1 heterocycles. The van der Waals surface area contributed by atoms with Gasteiger partial charge in [0, 0.05) is 16.6 Å². The third-order valence-corrected chi connectivity index (χ3v) is 4.31. The second-order valence-corrected chi connectivity index (χ2v) is 6.67. The molecule has 0 aliphatic carbocycles. The van der Waals surface area contributed by atoms with E-state index in [0.29, 0.717) is 33.8 Å². The van der Waals surface area contributed by atoms with E-state index in [4.69, 9.17) is 4.42 Å². The molecule has 1 aromatic heterocycles. The fourth-order valence-corrected chi connectivity index (χ4v) is 2.88. The van der Waals surface area contributed by atoms with Gasteiger partial charge in [-0.05, 0) is 42.0 Å². The number of aryl methyl sites for hydroxylation is 1. The van der Waals surface area contributed by atoms with Crippen molar-refractivity contribution in [3.8, 4) is 0 Å². The van der Waals surface area contributed by atoms with E-state index in [9.17, 15) is 19.7 Å². The lowest BCUT2D eigenvalue weighted by atomic mass is 10.2. The molecule has 9 nitrogen and oxygen atoms in total. The first-order valence-electron chi connectivity index (χ1n) is 7.81. The molecule has 0 unspecified atom stereocenters. The average Bonchev–Trinajstić information content (AvgIpc) is 2.95. The maximum Gasteiger partial charge on any atom is 0.341 e. The number of nitrogens with one attached hydrogen (secondary N) is 1. The Balaban J connectivity index is 1.96. The number of likely N-dealkylation sites (N-methyl/N-ethyl adjacent to an activating group) is 1. The maximum atomic E-state index is 12.2. The zero-order valence-corrected chi connectivity index (χ0v) is 16.5. The third-order valence-electron chi connectivity index (χ3n) is 3.65. The highest BCUT2D eigenvalue weighted by atomic mass is 79.9. The number of nitro groups is 1. The Morgan fingerprint density at radius 3 is 2.67 bits per heavy atom. The number of hydrogen-bond donors (Lipinski definition) is 1. The Labute approximate surface area is 163 Å². The molecule has 2 aromatic rings. The maximum absolute atomic E-state index is 12.2. The Bertz CT molecular complexity index is 880. The topological polar surface area (TPSA) is 115 Å². The molecule has 0 saturated heterocycles. The van der Waals surface area contributed by atoms with E-state index in [-0.39, 0.29) is 18.1 Å². The van der Waals surface area contributed by atoms with Gasteiger partial charge in [0.1, 0.15) is 17.1 Å². The molecule has 144 valence electrons. The third kappa shape index (κ3) is 5.38. The van der Waals surface area contributed by atoms with Gasteiger partial charge >= 0.3 is 5.97 Å². The van der Waals surface area contributed by atoms with Crippen LogP contribution >= 0.6 is 15.9 Å². The number of amides is 1. The highest BCUT2D eigenvalue weighted by Gasteiger charge is 2.17. The SMILES string of the molecule is COC(=O)c1cc(CN(C)CC(=O)Nc2ccc([N+](=O)[O-])cc2Br)oc1C. The molecule has 2 rings (SSSR count). The summed E-state index contributed by atoms with van der Waals surface area (Å²) in [4.78, 5) is 35.7. The number of non-ortho nitro benzene ring substituents is 1. The number of nitrogens with zero attached hydrogens (tertiary/aromatic N) is 2. The minimum absolute atomic E-state index is 0.0523. The first-order chi connectivity index (χ1) is 12.7. The Kier molecular flexibility index (Phi) is 6.70. The fourth-order valence-electron chi connectivity index (χ4n) is 2.41. The van der Waals surface area contributed by atoms with Gasteiger partial charge in [0.15, 0.2) is 0 Å². The Morgan fingerprint density at radius 2 is 2.07 bits per heavy atom. The van der Waals surface area contributed by atoms with Crippen molar-refractivity contribution in [1.82, 2.24) is 4.90 Å². The summed E-state index contributed by atoms with van der Waals surface area (Å²) in [5.41, 5.74) is 0.701. The van der Waals surface area contributed by atoms with Crippen LogP contribution in [0.5, 0.6) is 0 Å². The van der Waals surface area contributed by atoms with Gasteiger partial charge in [0.25, 0.3) is 5.69 Å². The van der Waals surface area contributed by atoms with Crippen molar-refractivity contribution in [3.05, 3.63) is 55.9 Å². The molecule has 0 aliphatic rings. The monoisotopic (exact) mass is 439 g/mol. The molecule has 1 amide bonds. The smallest absolute Gasteiger partial charge is 0.341 e. The number of hydrogen-bond acceptors (Lipinski definition) is 7. The number of carbonyl (C=O) groups excluding carboxylic acids is 2. The van der Waals surface area contributed by atoms with Gasteiger partial charge in [-0.3, -0.25) is 19.8 Å². The molecule has 0 radical (unpaired) electrons. The van der Waals surface area contributed by atoms with Gasteiger partial charge in [0.05, 0.1) is 30.8 Å². The molecule has 0 fully saturated rings. The lowest BCUT2D eigenvalue weighted by molar-refractivity contribution is -0.384. The van der Waals surface area contributed by atoms with Crippen LogP contribution in [0.15, 0.2) is 33.2 Å². The van der Waals surface area contributed by atoms with Crippen molar-refractivity contribution in [2.24, 2.45) is 0 Å². The Morgan fingerprint density at radius 1 is 1.37 bits per heavy atom. The van der Waals surface area contributed by atoms with Crippen molar-refractivity contribution in [1.29, 1.82) is 0 Å². The van der Waals surface area contributed by atoms with Crippen LogP contribution in [0.4, 0.5) is 11.4 Å². The van der Waals surface area contributed by atoms with E-state index < -0.39 is 10.9 Å². The van der Waals surface area contributed by atoms with Gasteiger partial charge in [0.2, 0.25) is 5.91 Å². The van der Waals surface area contributed by atoms with Gasteiger partial charge in [-0.25, -0.2) is 4.79 Å². The zero-order chi connectivity index (χ0) is 20.1. The molecule has 1 aromatic carbocycles. The number of ether oxygens (including phenoxy) is 1. The highest BCUT2D eigenvalue weighted by molar-refractivity contribution is 9.10. The van der Waals surface area contributed by atoms with E-state index in [1.54, 1.807) is 24.9 Å². The van der Waals surface area contributed by atoms with E-state index in [1.165, 1.54) is 25.3 Å². The van der Waals surface area contributed by atoms with Crippen LogP contribution < -0.4 is 5.32 Å². The predicted octanol–water partition coefficient (Wildman–Crippen LogP) is 3.12. The number of halogens is 1. The van der Waals surface area contributed by atoms with Crippen molar-refractivity contribution in [3.63, 3.8) is 0 Å². The summed E-state index contributed by atoms with van der Waals surface area (Å²) in [7, 11) is 3.02. The van der Waals surface area contributed by atoms with Crippen LogP contribution in [0, 0.1) is 17.0 Å². The standard InChI is InChI=1S/C17H18BrN3O6/c1-10-13(17(23)26-3)7-12(27-10)8-20(2)9-16(22)19-15-5-4-11(21(24)25)6-14(15)18/h4-7H,8-9H2,1-3H3,(H,19,22). The highest BCUT2D eigenvalue weighted by Crippen LogP contribution is 2.27. The lowest BCUT2D eigenvalue weighted by Gasteiger charge is -2.15. The van der Waals surface area contributed by atoms with Crippen LogP contribution in [0.3, 0.4) is 0 Å². The summed E-state index contributed by atoms with van der Waals surface area (Å²) < 4.78 is 10.6. The van der Waals surface area contributed by atoms with Crippen LogP contribution in [-0.4, -0.2) is 42.4 Å². The second-order valence-electron chi connectivity index (χ2n) is 5.82. The number of furan rings is 1. The number of benzene rings is 1. The van der Waals surface area contributed by atoms with Gasteiger partial charge in [-0.15, -0.1) is 0 Å². The van der Waals surface area contributed by atoms with Crippen molar-refractivity contribution >= 4 is 39.2 Å². The van der Waals surface area contributed by atoms with Crippen molar-refractivity contribution < 1.29 is 23.7 Å². The summed E-state index contributed by atoms with van der Waals surface area (Å²) in [6, 6.07) is 5.67. The fraction of sp³-hybridized carbons (Fsp3) is 0.294. The summed E-state index contributed by atoms with van der Waals surface area (Å²) in [6.07, 6.45) is 0. The average molecular weight is 440 g/mol. The molecule has 27 heavy (non-hydrogen) atoms. The van der Waals surface area contributed by atoms with Crippen molar-refractivity contribution in [2.45, 2.75) is 13.5 Å². The first-order valence-corrected chi connectivity index (χ1v) is 8.60.